The van der Waals surface area contributed by atoms with E-state index in [2.05, 4.69) is 10.5 Å². The maximum absolute atomic E-state index is 13.4. The lowest BCUT2D eigenvalue weighted by Crippen LogP contribution is -2.38. The van der Waals surface area contributed by atoms with E-state index in [0.29, 0.717) is 0 Å². The van der Waals surface area contributed by atoms with Crippen LogP contribution in [0, 0.1) is 11.6 Å². The molecule has 0 aliphatic heterocycles. The molecular weight excluding hydrogens is 248 g/mol. The Hall–Kier alpha value is -2.22. The van der Waals surface area contributed by atoms with Crippen molar-refractivity contribution in [2.45, 2.75) is 6.54 Å². The van der Waals surface area contributed by atoms with Gasteiger partial charge in [-0.25, -0.2) is 13.6 Å². The van der Waals surface area contributed by atoms with Gasteiger partial charge in [-0.15, -0.1) is 0 Å². The third kappa shape index (κ3) is 3.67. The van der Waals surface area contributed by atoms with Gasteiger partial charge in [0, 0.05) is 6.54 Å². The molecule has 0 bridgehead atoms. The van der Waals surface area contributed by atoms with Crippen LogP contribution in [0.15, 0.2) is 12.1 Å². The van der Waals surface area contributed by atoms with Gasteiger partial charge in [0.25, 0.3) is 5.91 Å². The zero-order valence-electron chi connectivity index (χ0n) is 9.20. The number of imide groups is 1. The second kappa shape index (κ2) is 5.92. The maximum Gasteiger partial charge on any atom is 0.318 e. The largest absolute Gasteiger partial charge is 0.478 e. The normalized spacial score (nSPS) is 9.94. The SMILES string of the molecule is NCc1cc(F)c(OCC(=O)NC(N)=O)c(F)c1. The smallest absolute Gasteiger partial charge is 0.318 e. The van der Waals surface area contributed by atoms with Gasteiger partial charge in [0.2, 0.25) is 0 Å². The van der Waals surface area contributed by atoms with Gasteiger partial charge in [-0.05, 0) is 17.7 Å². The molecule has 0 aliphatic rings. The van der Waals surface area contributed by atoms with Crippen molar-refractivity contribution in [1.82, 2.24) is 5.32 Å². The number of rotatable bonds is 4. The molecule has 18 heavy (non-hydrogen) atoms. The molecule has 1 aromatic carbocycles. The van der Waals surface area contributed by atoms with Crippen LogP contribution in [0.25, 0.3) is 0 Å². The van der Waals surface area contributed by atoms with Crippen LogP contribution in [-0.2, 0) is 11.3 Å². The van der Waals surface area contributed by atoms with Gasteiger partial charge in [-0.1, -0.05) is 0 Å². The van der Waals surface area contributed by atoms with Gasteiger partial charge in [0.05, 0.1) is 0 Å². The Kier molecular flexibility index (Phi) is 4.55. The topological polar surface area (TPSA) is 107 Å². The Morgan fingerprint density at radius 3 is 2.28 bits per heavy atom. The minimum absolute atomic E-state index is 0.0315. The number of amides is 3. The number of hydrogen-bond donors (Lipinski definition) is 3. The molecule has 1 aromatic rings. The van der Waals surface area contributed by atoms with Gasteiger partial charge in [0.15, 0.2) is 24.0 Å². The first-order chi connectivity index (χ1) is 8.43. The highest BCUT2D eigenvalue weighted by atomic mass is 19.1. The summed E-state index contributed by atoms with van der Waals surface area (Å²) in [5.41, 5.74) is 10.1. The van der Waals surface area contributed by atoms with Crippen molar-refractivity contribution >= 4 is 11.9 Å². The molecule has 3 amide bonds. The number of carbonyl (C=O) groups excluding carboxylic acids is 2. The van der Waals surface area contributed by atoms with E-state index in [1.165, 1.54) is 0 Å². The van der Waals surface area contributed by atoms with Gasteiger partial charge < -0.3 is 16.2 Å². The van der Waals surface area contributed by atoms with Crippen molar-refractivity contribution in [2.75, 3.05) is 6.61 Å². The summed E-state index contributed by atoms with van der Waals surface area (Å²) >= 11 is 0. The maximum atomic E-state index is 13.4. The molecule has 5 N–H and O–H groups in total. The molecule has 6 nitrogen and oxygen atoms in total. The molecule has 0 radical (unpaired) electrons. The molecule has 8 heteroatoms. The monoisotopic (exact) mass is 259 g/mol. The fourth-order valence-corrected chi connectivity index (χ4v) is 1.18. The highest BCUT2D eigenvalue weighted by molar-refractivity contribution is 5.94. The van der Waals surface area contributed by atoms with Crippen LogP contribution in [-0.4, -0.2) is 18.5 Å². The van der Waals surface area contributed by atoms with E-state index in [1.54, 1.807) is 5.32 Å². The minimum atomic E-state index is -1.08. The summed E-state index contributed by atoms with van der Waals surface area (Å²) in [6, 6.07) is 0.900. The lowest BCUT2D eigenvalue weighted by molar-refractivity contribution is -0.122. The van der Waals surface area contributed by atoms with E-state index < -0.39 is 35.9 Å². The summed E-state index contributed by atoms with van der Waals surface area (Å²) in [4.78, 5) is 21.3. The van der Waals surface area contributed by atoms with Crippen molar-refractivity contribution in [3.63, 3.8) is 0 Å². The molecule has 98 valence electrons. The number of ether oxygens (including phenoxy) is 1. The van der Waals surface area contributed by atoms with E-state index in [1.807, 2.05) is 0 Å². The Bertz CT molecular complexity index is 456. The van der Waals surface area contributed by atoms with Crippen molar-refractivity contribution in [2.24, 2.45) is 11.5 Å². The van der Waals surface area contributed by atoms with Crippen molar-refractivity contribution in [3.05, 3.63) is 29.3 Å². The first-order valence-electron chi connectivity index (χ1n) is 4.84. The minimum Gasteiger partial charge on any atom is -0.478 e. The summed E-state index contributed by atoms with van der Waals surface area (Å²) in [7, 11) is 0. The molecule has 0 saturated heterocycles. The number of carbonyl (C=O) groups is 2. The second-order valence-corrected chi connectivity index (χ2v) is 3.29. The Morgan fingerprint density at radius 2 is 1.83 bits per heavy atom. The van der Waals surface area contributed by atoms with Crippen molar-refractivity contribution in [1.29, 1.82) is 0 Å². The van der Waals surface area contributed by atoms with E-state index in [-0.39, 0.29) is 12.1 Å². The number of benzene rings is 1. The molecule has 0 spiro atoms. The third-order valence-corrected chi connectivity index (χ3v) is 1.90. The number of hydrogen-bond acceptors (Lipinski definition) is 4. The van der Waals surface area contributed by atoms with Crippen LogP contribution >= 0.6 is 0 Å². The highest BCUT2D eigenvalue weighted by Crippen LogP contribution is 2.23. The fraction of sp³-hybridized carbons (Fsp3) is 0.200. The predicted molar refractivity (Wildman–Crippen MR) is 57.5 cm³/mol. The summed E-state index contributed by atoms with van der Waals surface area (Å²) in [5, 5.41) is 1.68. The van der Waals surface area contributed by atoms with Crippen molar-refractivity contribution < 1.29 is 23.1 Å². The van der Waals surface area contributed by atoms with E-state index >= 15 is 0 Å². The Labute approximate surface area is 101 Å². The molecule has 0 heterocycles. The van der Waals surface area contributed by atoms with E-state index in [0.717, 1.165) is 12.1 Å². The molecule has 1 rings (SSSR count). The van der Waals surface area contributed by atoms with Crippen LogP contribution < -0.4 is 21.5 Å². The van der Waals surface area contributed by atoms with Crippen LogP contribution in [0.3, 0.4) is 0 Å². The summed E-state index contributed by atoms with van der Waals surface area (Å²) < 4.78 is 31.4. The average Bonchev–Trinajstić information content (AvgIpc) is 2.26. The van der Waals surface area contributed by atoms with Crippen LogP contribution in [0.5, 0.6) is 5.75 Å². The second-order valence-electron chi connectivity index (χ2n) is 3.29. The first kappa shape index (κ1) is 13.8. The molecule has 0 fully saturated rings. The van der Waals surface area contributed by atoms with Crippen molar-refractivity contribution in [3.8, 4) is 5.75 Å². The zero-order chi connectivity index (χ0) is 13.7. The number of nitrogens with two attached hydrogens (primary N) is 2. The Balaban J connectivity index is 2.73. The molecular formula is C10H11F2N3O3. The van der Waals surface area contributed by atoms with E-state index in [9.17, 15) is 18.4 Å². The molecule has 0 aliphatic carbocycles. The van der Waals surface area contributed by atoms with Gasteiger partial charge in [-0.3, -0.25) is 10.1 Å². The van der Waals surface area contributed by atoms with Gasteiger partial charge in [-0.2, -0.15) is 0 Å². The number of nitrogens with one attached hydrogen (secondary N) is 1. The standard InChI is InChI=1S/C10H11F2N3O3/c11-6-1-5(3-13)2-7(12)9(6)18-4-8(16)15-10(14)17/h1-2H,3-4,13H2,(H3,14,15,16,17). The lowest BCUT2D eigenvalue weighted by atomic mass is 10.2. The van der Waals surface area contributed by atoms with Gasteiger partial charge in [0.1, 0.15) is 0 Å². The molecule has 0 aromatic heterocycles. The summed E-state index contributed by atoms with van der Waals surface area (Å²) in [6.45, 7) is -0.769. The van der Waals surface area contributed by atoms with E-state index in [4.69, 9.17) is 5.73 Å². The van der Waals surface area contributed by atoms with Crippen LogP contribution in [0.2, 0.25) is 0 Å². The quantitative estimate of drug-likeness (QED) is 0.707. The first-order valence-corrected chi connectivity index (χ1v) is 4.84. The van der Waals surface area contributed by atoms with Crippen LogP contribution in [0.4, 0.5) is 13.6 Å². The summed E-state index contributed by atoms with van der Waals surface area (Å²) in [6.07, 6.45) is 0. The van der Waals surface area contributed by atoms with Gasteiger partial charge >= 0.3 is 6.03 Å². The number of halogens is 2. The average molecular weight is 259 g/mol. The molecule has 0 saturated carbocycles. The fourth-order valence-electron chi connectivity index (χ4n) is 1.18. The zero-order valence-corrected chi connectivity index (χ0v) is 9.20. The highest BCUT2D eigenvalue weighted by Gasteiger charge is 2.14. The molecule has 0 unspecified atom stereocenters. The predicted octanol–water partition coefficient (Wildman–Crippen LogP) is -0.00280. The molecule has 0 atom stereocenters. The summed E-state index contributed by atoms with van der Waals surface area (Å²) in [5.74, 6) is -3.60. The third-order valence-electron chi connectivity index (χ3n) is 1.90. The number of urea groups is 1. The Morgan fingerprint density at radius 1 is 1.28 bits per heavy atom. The lowest BCUT2D eigenvalue weighted by Gasteiger charge is -2.09. The van der Waals surface area contributed by atoms with Crippen LogP contribution in [0.1, 0.15) is 5.56 Å². The number of primary amides is 1.